The first-order valence-electron chi connectivity index (χ1n) is 8.03. The Morgan fingerprint density at radius 2 is 2.00 bits per heavy atom. The molecule has 0 bridgehead atoms. The van der Waals surface area contributed by atoms with Crippen LogP contribution in [0.15, 0.2) is 75.6 Å². The second-order valence-electron chi connectivity index (χ2n) is 5.58. The van der Waals surface area contributed by atoms with Crippen LogP contribution in [-0.2, 0) is 16.1 Å². The summed E-state index contributed by atoms with van der Waals surface area (Å²) in [5.74, 6) is 0.536. The molecule has 0 amide bonds. The minimum Gasteiger partial charge on any atom is -0.458 e. The molecule has 0 unspecified atom stereocenters. The topological polar surface area (TPSA) is 52.3 Å². The fourth-order valence-electron chi connectivity index (χ4n) is 2.48. The van der Waals surface area contributed by atoms with Crippen LogP contribution < -0.4 is 0 Å². The summed E-state index contributed by atoms with van der Waals surface area (Å²) in [6, 6.07) is 18.2. The van der Waals surface area contributed by atoms with Crippen LogP contribution in [-0.4, -0.2) is 16.7 Å². The minimum absolute atomic E-state index is 0.117. The van der Waals surface area contributed by atoms with Crippen LogP contribution in [0.2, 0.25) is 0 Å². The van der Waals surface area contributed by atoms with E-state index in [0.29, 0.717) is 11.6 Å². The van der Waals surface area contributed by atoms with Gasteiger partial charge in [0.2, 0.25) is 5.89 Å². The molecule has 2 heterocycles. The van der Waals surface area contributed by atoms with Gasteiger partial charge in [-0.2, -0.15) is 0 Å². The zero-order valence-corrected chi connectivity index (χ0v) is 15.4. The van der Waals surface area contributed by atoms with Crippen molar-refractivity contribution < 1.29 is 13.9 Å². The van der Waals surface area contributed by atoms with Crippen LogP contribution in [0, 0.1) is 0 Å². The predicted molar refractivity (Wildman–Crippen MR) is 104 cm³/mol. The number of aromatic nitrogens is 1. The van der Waals surface area contributed by atoms with E-state index >= 15 is 0 Å². The van der Waals surface area contributed by atoms with Gasteiger partial charge < -0.3 is 9.15 Å². The van der Waals surface area contributed by atoms with E-state index in [1.165, 1.54) is 23.4 Å². The molecule has 0 atom stereocenters. The maximum Gasteiger partial charge on any atom is 0.316 e. The van der Waals surface area contributed by atoms with Crippen molar-refractivity contribution in [1.82, 2.24) is 4.98 Å². The molecule has 0 radical (unpaired) electrons. The molecular formula is C20H15NO3S2. The number of hydrogen-bond donors (Lipinski definition) is 0. The highest BCUT2D eigenvalue weighted by molar-refractivity contribution is 8.00. The van der Waals surface area contributed by atoms with Gasteiger partial charge in [0.1, 0.15) is 18.6 Å². The minimum atomic E-state index is -0.274. The summed E-state index contributed by atoms with van der Waals surface area (Å²) in [5.41, 5.74) is 0.609. The third-order valence-electron chi connectivity index (χ3n) is 3.74. The maximum absolute atomic E-state index is 12.0. The van der Waals surface area contributed by atoms with Crippen molar-refractivity contribution in [3.05, 3.63) is 71.9 Å². The van der Waals surface area contributed by atoms with E-state index < -0.39 is 0 Å². The lowest BCUT2D eigenvalue weighted by atomic mass is 10.1. The smallest absolute Gasteiger partial charge is 0.316 e. The van der Waals surface area contributed by atoms with E-state index in [-0.39, 0.29) is 18.3 Å². The van der Waals surface area contributed by atoms with Crippen LogP contribution >= 0.6 is 23.1 Å². The number of ether oxygens (including phenoxy) is 1. The predicted octanol–water partition coefficient (Wildman–Crippen LogP) is 5.39. The molecule has 0 saturated carbocycles. The molecule has 0 aliphatic carbocycles. The molecule has 0 aliphatic heterocycles. The molecule has 0 N–H and O–H groups in total. The molecular weight excluding hydrogens is 366 g/mol. The van der Waals surface area contributed by atoms with Crippen molar-refractivity contribution >= 4 is 39.8 Å². The number of rotatable bonds is 6. The number of carbonyl (C=O) groups excluding carboxylic acids is 1. The lowest BCUT2D eigenvalue weighted by molar-refractivity contribution is -0.141. The van der Waals surface area contributed by atoms with E-state index in [1.54, 1.807) is 11.3 Å². The number of esters is 1. The van der Waals surface area contributed by atoms with Gasteiger partial charge >= 0.3 is 5.97 Å². The zero-order chi connectivity index (χ0) is 17.8. The van der Waals surface area contributed by atoms with Crippen molar-refractivity contribution in [2.45, 2.75) is 11.5 Å². The van der Waals surface area contributed by atoms with E-state index in [0.717, 1.165) is 15.2 Å². The Balaban J connectivity index is 1.30. The molecule has 4 aromatic rings. The summed E-state index contributed by atoms with van der Waals surface area (Å²) in [7, 11) is 0. The van der Waals surface area contributed by atoms with Crippen LogP contribution in [0.4, 0.5) is 0 Å². The van der Waals surface area contributed by atoms with E-state index in [2.05, 4.69) is 29.2 Å². The number of thioether (sulfide) groups is 1. The molecule has 0 saturated heterocycles. The molecule has 130 valence electrons. The van der Waals surface area contributed by atoms with Crippen LogP contribution in [0.25, 0.3) is 21.5 Å². The van der Waals surface area contributed by atoms with Crippen molar-refractivity contribution in [1.29, 1.82) is 0 Å². The van der Waals surface area contributed by atoms with Crippen molar-refractivity contribution in [2.24, 2.45) is 0 Å². The van der Waals surface area contributed by atoms with Crippen molar-refractivity contribution in [3.63, 3.8) is 0 Å². The summed E-state index contributed by atoms with van der Waals surface area (Å²) in [6.07, 6.45) is 1.53. The Kier molecular flexibility index (Phi) is 5.04. The summed E-state index contributed by atoms with van der Waals surface area (Å²) in [6.45, 7) is 0.117. The van der Waals surface area contributed by atoms with E-state index in [4.69, 9.17) is 9.15 Å². The lowest BCUT2D eigenvalue weighted by Gasteiger charge is -2.04. The number of oxazole rings is 1. The zero-order valence-electron chi connectivity index (χ0n) is 13.8. The molecule has 0 aliphatic rings. The number of hydrogen-bond acceptors (Lipinski definition) is 6. The number of nitrogens with zero attached hydrogens (tertiary/aromatic N) is 1. The molecule has 4 nitrogen and oxygen atoms in total. The van der Waals surface area contributed by atoms with Gasteiger partial charge in [-0.15, -0.1) is 23.1 Å². The third-order valence-corrected chi connectivity index (χ3v) is 5.57. The van der Waals surface area contributed by atoms with Crippen LogP contribution in [0.3, 0.4) is 0 Å². The Labute approximate surface area is 158 Å². The van der Waals surface area contributed by atoms with Gasteiger partial charge in [0, 0.05) is 4.90 Å². The van der Waals surface area contributed by atoms with Gasteiger partial charge in [0.25, 0.3) is 0 Å². The van der Waals surface area contributed by atoms with Gasteiger partial charge in [-0.1, -0.05) is 36.4 Å². The van der Waals surface area contributed by atoms with Gasteiger partial charge in [-0.25, -0.2) is 4.98 Å². The Morgan fingerprint density at radius 3 is 2.85 bits per heavy atom. The fraction of sp³-hybridized carbons (Fsp3) is 0.100. The van der Waals surface area contributed by atoms with Gasteiger partial charge in [0.05, 0.1) is 10.6 Å². The summed E-state index contributed by atoms with van der Waals surface area (Å²) in [4.78, 5) is 18.3. The third kappa shape index (κ3) is 3.98. The van der Waals surface area contributed by atoms with Gasteiger partial charge in [-0.3, -0.25) is 4.79 Å². The number of fused-ring (bicyclic) bond motifs is 1. The Hall–Kier alpha value is -2.57. The summed E-state index contributed by atoms with van der Waals surface area (Å²) < 4.78 is 10.7. The molecule has 6 heteroatoms. The van der Waals surface area contributed by atoms with E-state index in [9.17, 15) is 4.79 Å². The number of carbonyl (C=O) groups is 1. The summed E-state index contributed by atoms with van der Waals surface area (Å²) in [5, 5.41) is 4.31. The first-order chi connectivity index (χ1) is 12.8. The first-order valence-corrected chi connectivity index (χ1v) is 9.90. The van der Waals surface area contributed by atoms with Crippen molar-refractivity contribution in [3.8, 4) is 10.8 Å². The molecule has 0 fully saturated rings. The fourth-order valence-corrected chi connectivity index (χ4v) is 3.88. The highest BCUT2D eigenvalue weighted by Crippen LogP contribution is 2.25. The summed E-state index contributed by atoms with van der Waals surface area (Å²) >= 11 is 3.02. The number of thiophene rings is 1. The lowest BCUT2D eigenvalue weighted by Crippen LogP contribution is -2.07. The highest BCUT2D eigenvalue weighted by Gasteiger charge is 2.10. The van der Waals surface area contributed by atoms with Crippen LogP contribution in [0.5, 0.6) is 0 Å². The second-order valence-corrected chi connectivity index (χ2v) is 7.58. The van der Waals surface area contributed by atoms with Gasteiger partial charge in [0.15, 0.2) is 0 Å². The highest BCUT2D eigenvalue weighted by atomic mass is 32.2. The van der Waals surface area contributed by atoms with Gasteiger partial charge in [-0.05, 0) is 34.4 Å². The quantitative estimate of drug-likeness (QED) is 0.331. The molecule has 2 aromatic heterocycles. The molecule has 0 spiro atoms. The maximum atomic E-state index is 12.0. The largest absolute Gasteiger partial charge is 0.458 e. The normalized spacial score (nSPS) is 10.9. The average molecular weight is 381 g/mol. The molecule has 2 aromatic carbocycles. The van der Waals surface area contributed by atoms with E-state index in [1.807, 2.05) is 35.7 Å². The second kappa shape index (κ2) is 7.76. The molecule has 4 rings (SSSR count). The average Bonchev–Trinajstić information content (AvgIpc) is 3.36. The Morgan fingerprint density at radius 1 is 1.12 bits per heavy atom. The SMILES string of the molecule is O=C(CSc1ccc2ccccc2c1)OCc1coc(-c2cccs2)n1. The van der Waals surface area contributed by atoms with Crippen molar-refractivity contribution in [2.75, 3.05) is 5.75 Å². The monoisotopic (exact) mass is 381 g/mol. The van der Waals surface area contributed by atoms with Crippen LogP contribution in [0.1, 0.15) is 5.69 Å². The standard InChI is InChI=1S/C20H15NO3S2/c22-19(13-26-17-8-7-14-4-1-2-5-15(14)10-17)23-11-16-12-24-20(21-16)18-6-3-9-25-18/h1-10,12H,11,13H2. The number of benzene rings is 2. The Bertz CT molecular complexity index is 1020. The molecule has 26 heavy (non-hydrogen) atoms. The first kappa shape index (κ1) is 16.9.